The van der Waals surface area contributed by atoms with Crippen LogP contribution < -0.4 is 10.4 Å². The van der Waals surface area contributed by atoms with Crippen molar-refractivity contribution in [1.29, 1.82) is 0 Å². The number of hydrogen-bond acceptors (Lipinski definition) is 0. The summed E-state index contributed by atoms with van der Waals surface area (Å²) in [5.41, 5.74) is 8.73. The second-order valence-corrected chi connectivity index (χ2v) is 9.66. The first-order chi connectivity index (χ1) is 9.85. The highest BCUT2D eigenvalue weighted by atomic mass is 28.3. The molecule has 0 amide bonds. The molecular formula is C20H28Si. The molecule has 21 heavy (non-hydrogen) atoms. The van der Waals surface area contributed by atoms with Crippen LogP contribution in [0.25, 0.3) is 0 Å². The fourth-order valence-electron chi connectivity index (χ4n) is 4.03. The van der Waals surface area contributed by atoms with Gasteiger partial charge in [0.2, 0.25) is 0 Å². The molecule has 2 aromatic rings. The average Bonchev–Trinajstić information content (AvgIpc) is 2.34. The fourth-order valence-corrected chi connectivity index (χ4v) is 7.67. The van der Waals surface area contributed by atoms with Gasteiger partial charge in [0.05, 0.1) is 0 Å². The Hall–Kier alpha value is -1.34. The minimum absolute atomic E-state index is 1.13. The monoisotopic (exact) mass is 296 g/mol. The summed E-state index contributed by atoms with van der Waals surface area (Å²) in [5, 5.41) is 3.33. The maximum atomic E-state index is 2.37. The molecule has 1 heteroatoms. The van der Waals surface area contributed by atoms with E-state index in [1.807, 2.05) is 0 Å². The van der Waals surface area contributed by atoms with Crippen LogP contribution in [0.15, 0.2) is 24.3 Å². The van der Waals surface area contributed by atoms with Crippen LogP contribution in [0.4, 0.5) is 0 Å². The van der Waals surface area contributed by atoms with Gasteiger partial charge in [0.25, 0.3) is 0 Å². The lowest BCUT2D eigenvalue weighted by molar-refractivity contribution is 1.31. The first kappa shape index (κ1) is 16.0. The van der Waals surface area contributed by atoms with Gasteiger partial charge in [0.15, 0.2) is 0 Å². The van der Waals surface area contributed by atoms with Gasteiger partial charge >= 0.3 is 0 Å². The summed E-state index contributed by atoms with van der Waals surface area (Å²) in [6, 6.07) is 10.7. The molecule has 0 fully saturated rings. The van der Waals surface area contributed by atoms with Crippen molar-refractivity contribution in [1.82, 2.24) is 0 Å². The lowest BCUT2D eigenvalue weighted by atomic mass is 10.1. The van der Waals surface area contributed by atoms with Crippen LogP contribution in [-0.4, -0.2) is 8.80 Å². The molecule has 0 bridgehead atoms. The molecule has 2 rings (SSSR count). The minimum atomic E-state index is -1.13. The first-order valence-corrected chi connectivity index (χ1v) is 9.97. The summed E-state index contributed by atoms with van der Waals surface area (Å²) in [7, 11) is -1.13. The lowest BCUT2D eigenvalue weighted by Gasteiger charge is -2.24. The van der Waals surface area contributed by atoms with Crippen molar-refractivity contribution < 1.29 is 0 Å². The largest absolute Gasteiger partial charge is 0.104 e. The summed E-state index contributed by atoms with van der Waals surface area (Å²) in [5.74, 6) is 0. The molecule has 0 aliphatic heterocycles. The van der Waals surface area contributed by atoms with Crippen molar-refractivity contribution in [3.05, 3.63) is 57.6 Å². The van der Waals surface area contributed by atoms with Gasteiger partial charge in [-0.2, -0.15) is 0 Å². The van der Waals surface area contributed by atoms with E-state index in [0.29, 0.717) is 0 Å². The molecule has 0 radical (unpaired) electrons. The van der Waals surface area contributed by atoms with E-state index in [-0.39, 0.29) is 0 Å². The van der Waals surface area contributed by atoms with Gasteiger partial charge in [-0.15, -0.1) is 0 Å². The topological polar surface area (TPSA) is 0 Å². The van der Waals surface area contributed by atoms with Crippen molar-refractivity contribution in [2.24, 2.45) is 0 Å². The van der Waals surface area contributed by atoms with E-state index in [9.17, 15) is 0 Å². The van der Waals surface area contributed by atoms with Crippen molar-refractivity contribution in [3.8, 4) is 0 Å². The number of rotatable bonds is 3. The highest BCUT2D eigenvalue weighted by molar-refractivity contribution is 6.86. The van der Waals surface area contributed by atoms with Crippen LogP contribution in [0.1, 0.15) is 40.3 Å². The van der Waals surface area contributed by atoms with E-state index in [0.717, 1.165) is 0 Å². The van der Waals surface area contributed by atoms with Gasteiger partial charge in [-0.3, -0.25) is 0 Å². The van der Waals surface area contributed by atoms with Gasteiger partial charge in [0, 0.05) is 0 Å². The molecule has 0 N–H and O–H groups in total. The van der Waals surface area contributed by atoms with Crippen LogP contribution >= 0.6 is 0 Å². The molecule has 0 aliphatic carbocycles. The van der Waals surface area contributed by atoms with Crippen molar-refractivity contribution >= 4 is 19.2 Å². The molecule has 0 aromatic heterocycles. The van der Waals surface area contributed by atoms with Crippen LogP contribution in [0.2, 0.25) is 6.04 Å². The number of benzene rings is 2. The van der Waals surface area contributed by atoms with E-state index in [1.54, 1.807) is 10.4 Å². The third kappa shape index (κ3) is 3.13. The summed E-state index contributed by atoms with van der Waals surface area (Å²) in [6.07, 6.45) is 0. The standard InChI is InChI=1S/C20H28Si/c1-8-21(19-15(4)9-13(2)10-16(19)5)20-17(6)11-14(3)12-18(20)7/h9-12,21H,8H2,1-7H3. The SMILES string of the molecule is CC[SiH](c1c(C)cc(C)cc1C)c1c(C)cc(C)cc1C. The molecule has 0 unspecified atom stereocenters. The van der Waals surface area contributed by atoms with Crippen LogP contribution in [0.5, 0.6) is 0 Å². The van der Waals surface area contributed by atoms with Crippen molar-refractivity contribution in [2.45, 2.75) is 54.5 Å². The Balaban J connectivity index is 2.66. The van der Waals surface area contributed by atoms with Gasteiger partial charge in [-0.1, -0.05) is 81.0 Å². The molecule has 112 valence electrons. The van der Waals surface area contributed by atoms with Crippen molar-refractivity contribution in [2.75, 3.05) is 0 Å². The maximum Gasteiger partial charge on any atom is 0.104 e. The van der Waals surface area contributed by atoms with Crippen LogP contribution in [-0.2, 0) is 0 Å². The molecule has 0 spiro atoms. The summed E-state index contributed by atoms with van der Waals surface area (Å²) in [4.78, 5) is 0. The molecule has 0 heterocycles. The van der Waals surface area contributed by atoms with E-state index in [4.69, 9.17) is 0 Å². The minimum Gasteiger partial charge on any atom is -0.0674 e. The highest BCUT2D eigenvalue weighted by Gasteiger charge is 2.22. The Morgan fingerprint density at radius 3 is 1.14 bits per heavy atom. The van der Waals surface area contributed by atoms with E-state index >= 15 is 0 Å². The second kappa shape index (κ2) is 6.19. The zero-order valence-corrected chi connectivity index (χ0v) is 15.7. The van der Waals surface area contributed by atoms with Crippen molar-refractivity contribution in [3.63, 3.8) is 0 Å². The molecule has 0 aliphatic rings. The second-order valence-electron chi connectivity index (χ2n) is 6.59. The highest BCUT2D eigenvalue weighted by Crippen LogP contribution is 2.13. The van der Waals surface area contributed by atoms with Crippen LogP contribution in [0.3, 0.4) is 0 Å². The zero-order chi connectivity index (χ0) is 15.7. The predicted octanol–water partition coefficient (Wildman–Crippen LogP) is 3.90. The lowest BCUT2D eigenvalue weighted by Crippen LogP contribution is -2.46. The Morgan fingerprint density at radius 2 is 0.905 bits per heavy atom. The molecular weight excluding hydrogens is 268 g/mol. The average molecular weight is 297 g/mol. The quantitative estimate of drug-likeness (QED) is 0.754. The molecule has 0 atom stereocenters. The summed E-state index contributed by atoms with van der Waals surface area (Å²) < 4.78 is 0. The Bertz CT molecular complexity index is 564. The molecule has 0 saturated heterocycles. The van der Waals surface area contributed by atoms with E-state index in [2.05, 4.69) is 72.7 Å². The third-order valence-corrected chi connectivity index (χ3v) is 8.61. The maximum absolute atomic E-state index is 2.37. The summed E-state index contributed by atoms with van der Waals surface area (Å²) in [6.45, 7) is 16.0. The Kier molecular flexibility index (Phi) is 4.73. The Morgan fingerprint density at radius 1 is 0.619 bits per heavy atom. The molecule has 0 saturated carbocycles. The summed E-state index contributed by atoms with van der Waals surface area (Å²) >= 11 is 0. The third-order valence-electron chi connectivity index (χ3n) is 4.58. The number of aryl methyl sites for hydroxylation is 6. The van der Waals surface area contributed by atoms with E-state index < -0.39 is 8.80 Å². The van der Waals surface area contributed by atoms with Gasteiger partial charge in [0.1, 0.15) is 8.80 Å². The van der Waals surface area contributed by atoms with Crippen LogP contribution in [0, 0.1) is 41.5 Å². The zero-order valence-electron chi connectivity index (χ0n) is 14.6. The number of hydrogen-bond donors (Lipinski definition) is 0. The first-order valence-electron chi connectivity index (χ1n) is 8.00. The van der Waals surface area contributed by atoms with Gasteiger partial charge < -0.3 is 0 Å². The van der Waals surface area contributed by atoms with E-state index in [1.165, 1.54) is 39.4 Å². The predicted molar refractivity (Wildman–Crippen MR) is 98.2 cm³/mol. The normalized spacial score (nSPS) is 11.2. The fraction of sp³-hybridized carbons (Fsp3) is 0.400. The molecule has 2 aromatic carbocycles. The Labute approximate surface area is 131 Å². The van der Waals surface area contributed by atoms with Gasteiger partial charge in [-0.05, 0) is 41.5 Å². The smallest absolute Gasteiger partial charge is 0.0674 e. The van der Waals surface area contributed by atoms with Gasteiger partial charge in [-0.25, -0.2) is 0 Å². The molecule has 0 nitrogen and oxygen atoms in total.